The highest BCUT2D eigenvalue weighted by atomic mass is 32.2. The van der Waals surface area contributed by atoms with Crippen LogP contribution in [0.5, 0.6) is 11.5 Å². The number of hydrogen-bond donors (Lipinski definition) is 2. The van der Waals surface area contributed by atoms with Crippen LogP contribution in [0.25, 0.3) is 21.7 Å². The van der Waals surface area contributed by atoms with E-state index in [9.17, 15) is 4.21 Å². The molecule has 8 heteroatoms. The van der Waals surface area contributed by atoms with Gasteiger partial charge in [0.2, 0.25) is 11.3 Å². The molecule has 32 heavy (non-hydrogen) atoms. The molecule has 0 aliphatic carbocycles. The van der Waals surface area contributed by atoms with Gasteiger partial charge in [-0.15, -0.1) is 0 Å². The largest absolute Gasteiger partial charge is 0.493 e. The van der Waals surface area contributed by atoms with Crippen molar-refractivity contribution in [2.75, 3.05) is 14.2 Å². The van der Waals surface area contributed by atoms with E-state index >= 15 is 0 Å². The summed E-state index contributed by atoms with van der Waals surface area (Å²) in [6.07, 6.45) is 3.30. The molecule has 0 fully saturated rings. The summed E-state index contributed by atoms with van der Waals surface area (Å²) in [5, 5.41) is 3.08. The molecule has 0 bridgehead atoms. The number of pyridine rings is 2. The van der Waals surface area contributed by atoms with E-state index in [0.717, 1.165) is 50.6 Å². The lowest BCUT2D eigenvalue weighted by Gasteiger charge is -2.14. The SMILES string of the molecule is CCc1ncc(Cc2ccc3cccc(CNS(=O)O)c3n2)c2cc(OC)c(OC)cc12. The first-order valence-corrected chi connectivity index (χ1v) is 11.4. The van der Waals surface area contributed by atoms with E-state index in [1.807, 2.05) is 48.7 Å². The van der Waals surface area contributed by atoms with Crippen LogP contribution in [0, 0.1) is 0 Å². The van der Waals surface area contributed by atoms with Crippen molar-refractivity contribution in [1.82, 2.24) is 14.7 Å². The summed E-state index contributed by atoms with van der Waals surface area (Å²) < 4.78 is 33.7. The van der Waals surface area contributed by atoms with E-state index < -0.39 is 11.3 Å². The van der Waals surface area contributed by atoms with Gasteiger partial charge in [0, 0.05) is 41.3 Å². The third-order valence-corrected chi connectivity index (χ3v) is 5.90. The quantitative estimate of drug-likeness (QED) is 0.391. The van der Waals surface area contributed by atoms with Crippen molar-refractivity contribution in [3.05, 3.63) is 71.2 Å². The van der Waals surface area contributed by atoms with Crippen LogP contribution in [0.3, 0.4) is 0 Å². The number of fused-ring (bicyclic) bond motifs is 2. The lowest BCUT2D eigenvalue weighted by molar-refractivity contribution is 0.356. The van der Waals surface area contributed by atoms with Gasteiger partial charge in [0.25, 0.3) is 0 Å². The Bertz CT molecular complexity index is 1310. The van der Waals surface area contributed by atoms with Crippen LogP contribution in [0.15, 0.2) is 48.7 Å². The molecule has 0 saturated carbocycles. The van der Waals surface area contributed by atoms with E-state index in [0.29, 0.717) is 17.9 Å². The topological polar surface area (TPSA) is 93.6 Å². The maximum atomic E-state index is 11.0. The van der Waals surface area contributed by atoms with Gasteiger partial charge in [0.1, 0.15) is 0 Å². The van der Waals surface area contributed by atoms with E-state index in [1.54, 1.807) is 14.2 Å². The number of methoxy groups -OCH3 is 2. The standard InChI is InChI=1S/C24H25N3O4S/c1-4-21-20-12-23(31-3)22(30-2)11-19(20)17(13-25-21)10-18-9-8-15-6-5-7-16(24(15)27-18)14-26-32(28)29/h5-9,11-13,26H,4,10,14H2,1-3H3,(H,28,29). The fraction of sp³-hybridized carbons (Fsp3) is 0.250. The summed E-state index contributed by atoms with van der Waals surface area (Å²) in [5.41, 5.74) is 4.60. The van der Waals surface area contributed by atoms with Crippen molar-refractivity contribution in [1.29, 1.82) is 0 Å². The number of rotatable bonds is 8. The molecule has 0 saturated heterocycles. The minimum absolute atomic E-state index is 0.254. The Morgan fingerprint density at radius 3 is 2.47 bits per heavy atom. The molecule has 0 aliphatic heterocycles. The van der Waals surface area contributed by atoms with Crippen LogP contribution in [-0.4, -0.2) is 32.9 Å². The van der Waals surface area contributed by atoms with Crippen LogP contribution in [0.4, 0.5) is 0 Å². The molecule has 2 aromatic carbocycles. The molecule has 0 amide bonds. The zero-order valence-electron chi connectivity index (χ0n) is 18.2. The maximum absolute atomic E-state index is 11.0. The second kappa shape index (κ2) is 9.60. The summed E-state index contributed by atoms with van der Waals surface area (Å²) in [7, 11) is 3.26. The first-order valence-electron chi connectivity index (χ1n) is 10.3. The highest BCUT2D eigenvalue weighted by Gasteiger charge is 2.14. The number of benzene rings is 2. The molecule has 0 radical (unpaired) electrons. The predicted molar refractivity (Wildman–Crippen MR) is 126 cm³/mol. The maximum Gasteiger partial charge on any atom is 0.232 e. The van der Waals surface area contributed by atoms with Gasteiger partial charge in [-0.3, -0.25) is 14.5 Å². The Morgan fingerprint density at radius 2 is 1.78 bits per heavy atom. The first kappa shape index (κ1) is 22.1. The number of aromatic nitrogens is 2. The second-order valence-electron chi connectivity index (χ2n) is 7.37. The monoisotopic (exact) mass is 451 g/mol. The Kier molecular flexibility index (Phi) is 6.64. The number of aryl methyl sites for hydroxylation is 1. The third-order valence-electron chi connectivity index (χ3n) is 5.51. The molecule has 2 aromatic heterocycles. The molecule has 166 valence electrons. The van der Waals surface area contributed by atoms with Crippen molar-refractivity contribution in [2.24, 2.45) is 0 Å². The smallest absolute Gasteiger partial charge is 0.232 e. The Hall–Kier alpha value is -3.07. The molecule has 1 unspecified atom stereocenters. The molecule has 4 rings (SSSR count). The van der Waals surface area contributed by atoms with E-state index in [1.165, 1.54) is 0 Å². The van der Waals surface area contributed by atoms with Gasteiger partial charge in [-0.2, -0.15) is 0 Å². The van der Waals surface area contributed by atoms with E-state index in [2.05, 4.69) is 16.6 Å². The summed E-state index contributed by atoms with van der Waals surface area (Å²) in [6.45, 7) is 2.33. The summed E-state index contributed by atoms with van der Waals surface area (Å²) in [6, 6.07) is 13.8. The number of ether oxygens (including phenoxy) is 2. The molecule has 2 heterocycles. The van der Waals surface area contributed by atoms with Gasteiger partial charge in [0.15, 0.2) is 11.5 Å². The number of nitrogens with zero attached hydrogens (tertiary/aromatic N) is 2. The second-order valence-corrected chi connectivity index (χ2v) is 8.16. The zero-order valence-corrected chi connectivity index (χ0v) is 19.0. The van der Waals surface area contributed by atoms with Crippen LogP contribution in [-0.2, 0) is 30.7 Å². The average molecular weight is 452 g/mol. The molecule has 4 aromatic rings. The van der Waals surface area contributed by atoms with Crippen LogP contribution in [0.1, 0.15) is 29.4 Å². The Balaban J connectivity index is 1.79. The highest BCUT2D eigenvalue weighted by Crippen LogP contribution is 2.35. The number of para-hydroxylation sites is 1. The first-order chi connectivity index (χ1) is 15.5. The summed E-state index contributed by atoms with van der Waals surface area (Å²) in [5.74, 6) is 1.35. The number of nitrogens with one attached hydrogen (secondary N) is 1. The van der Waals surface area contributed by atoms with Crippen molar-refractivity contribution < 1.29 is 18.2 Å². The fourth-order valence-electron chi connectivity index (χ4n) is 3.93. The van der Waals surface area contributed by atoms with Crippen molar-refractivity contribution in [3.63, 3.8) is 0 Å². The third kappa shape index (κ3) is 4.43. The summed E-state index contributed by atoms with van der Waals surface area (Å²) in [4.78, 5) is 9.56. The number of hydrogen-bond acceptors (Lipinski definition) is 5. The molecular weight excluding hydrogens is 426 g/mol. The van der Waals surface area contributed by atoms with Gasteiger partial charge in [-0.1, -0.05) is 31.2 Å². The minimum Gasteiger partial charge on any atom is -0.493 e. The predicted octanol–water partition coefficient (Wildman–Crippen LogP) is 4.18. The fourth-order valence-corrected chi connectivity index (χ4v) is 4.20. The molecule has 0 aliphatic rings. The lowest BCUT2D eigenvalue weighted by Crippen LogP contribution is -2.15. The Labute approximate surface area is 189 Å². The van der Waals surface area contributed by atoms with Gasteiger partial charge in [-0.25, -0.2) is 8.93 Å². The van der Waals surface area contributed by atoms with Gasteiger partial charge >= 0.3 is 0 Å². The Morgan fingerprint density at radius 1 is 1.03 bits per heavy atom. The van der Waals surface area contributed by atoms with Gasteiger partial charge in [-0.05, 0) is 41.1 Å². The average Bonchev–Trinajstić information content (AvgIpc) is 2.81. The van der Waals surface area contributed by atoms with Gasteiger partial charge in [0.05, 0.1) is 19.7 Å². The van der Waals surface area contributed by atoms with Crippen molar-refractivity contribution in [2.45, 2.75) is 26.3 Å². The molecule has 1 atom stereocenters. The molecular formula is C24H25N3O4S. The van der Waals surface area contributed by atoms with Crippen LogP contribution < -0.4 is 14.2 Å². The van der Waals surface area contributed by atoms with Crippen molar-refractivity contribution in [3.8, 4) is 11.5 Å². The van der Waals surface area contributed by atoms with Crippen LogP contribution in [0.2, 0.25) is 0 Å². The van der Waals surface area contributed by atoms with Crippen molar-refractivity contribution >= 4 is 32.9 Å². The summed E-state index contributed by atoms with van der Waals surface area (Å²) >= 11 is -2.08. The molecule has 2 N–H and O–H groups in total. The lowest BCUT2D eigenvalue weighted by atomic mass is 9.99. The van der Waals surface area contributed by atoms with E-state index in [-0.39, 0.29) is 6.54 Å². The normalized spacial score (nSPS) is 12.2. The van der Waals surface area contributed by atoms with E-state index in [4.69, 9.17) is 19.0 Å². The molecule has 7 nitrogen and oxygen atoms in total. The van der Waals surface area contributed by atoms with Gasteiger partial charge < -0.3 is 9.47 Å². The highest BCUT2D eigenvalue weighted by molar-refractivity contribution is 7.77. The van der Waals surface area contributed by atoms with Crippen LogP contribution >= 0.6 is 0 Å². The minimum atomic E-state index is -2.08. The zero-order chi connectivity index (χ0) is 22.7. The molecule has 0 spiro atoms.